The Morgan fingerprint density at radius 1 is 0.578 bits per heavy atom. The third kappa shape index (κ3) is 19.3. The van der Waals surface area contributed by atoms with Gasteiger partial charge in [-0.2, -0.15) is 15.3 Å². The van der Waals surface area contributed by atoms with Crippen LogP contribution in [0.25, 0.3) is 33.1 Å². The van der Waals surface area contributed by atoms with Gasteiger partial charge in [0, 0.05) is 96.6 Å². The average Bonchev–Trinajstić information content (AvgIpc) is 1.75. The molecule has 12 rings (SSSR count). The number of nitrogens with one attached hydrogen (secondary N) is 1. The minimum absolute atomic E-state index is 0. The lowest BCUT2D eigenvalue weighted by Gasteiger charge is -2.12. The molecule has 11 aromatic rings. The van der Waals surface area contributed by atoms with Crippen molar-refractivity contribution < 1.29 is 29.0 Å². The van der Waals surface area contributed by atoms with Gasteiger partial charge in [-0.05, 0) is 130 Å². The monoisotopic (exact) mass is 1300 g/mol. The van der Waals surface area contributed by atoms with Gasteiger partial charge in [-0.25, -0.2) is 48.6 Å². The number of carbonyl (C=O) groups is 3. The van der Waals surface area contributed by atoms with Crippen molar-refractivity contribution in [2.75, 3.05) is 31.8 Å². The summed E-state index contributed by atoms with van der Waals surface area (Å²) < 4.78 is 14.7. The predicted molar refractivity (Wildman–Crippen MR) is 352 cm³/mol. The standard InChI is InChI=1S/C21H20ClN7O.C14H11ClN4O2.C13H9ClN4O2.C8H13N3.C4H8O.2CH4.ClH/c1-12-5-19(23)28-13(2)18(12)10-26-21(30)14-3-4-24-17(7-14)11-29-20-15(8-27-29)6-16(22)9-25-20;1-21-14(20)9-2-3-16-12(5-9)8-19-13-10(6-18-19)4-11(15)7-17-13;14-10-3-9-5-17-18(12(9)16-6-10)7-11-4-8(13(19)20)1-2-15-11;1-5-3-8(10)11-6(2)7(5)4-9;1-2-4-5-3-1;;;/h3-9H,10-11H2,1-2H3,(H2,23,28)(H,26,30);2-7H,8H2,1H3;1-6H,7H2,(H,19,20);3H,4,9H2,1-2H3,(H2,10,11);1-4H2;2*1H4;1H. The molecule has 8 N–H and O–H groups in total. The first-order valence-electron chi connectivity index (χ1n) is 26.9. The highest BCUT2D eigenvalue weighted by molar-refractivity contribution is 6.31. The van der Waals surface area contributed by atoms with Crippen LogP contribution in [0, 0.1) is 27.7 Å². The van der Waals surface area contributed by atoms with Gasteiger partial charge < -0.3 is 37.1 Å². The number of rotatable bonds is 12. The number of halogens is 4. The van der Waals surface area contributed by atoms with E-state index in [9.17, 15) is 14.4 Å². The molecule has 0 bridgehead atoms. The molecule has 0 aliphatic carbocycles. The van der Waals surface area contributed by atoms with Crippen LogP contribution < -0.4 is 22.5 Å². The molecule has 1 fully saturated rings. The SMILES string of the molecule is C.C.C1CCOC1.COC(=O)c1ccnc(Cn2ncc3cc(Cl)cnc32)c1.Cc1cc(N)nc(C)c1CN.Cc1cc(N)nc(C)c1CNC(=O)c1ccnc(Cn2ncc3cc(Cl)cnc32)c1.Cl.O=C(O)c1ccnc(Cn2ncc3cc(Cl)cnc32)c1. The molecule has 0 atom stereocenters. The van der Waals surface area contributed by atoms with Gasteiger partial charge in [0.15, 0.2) is 16.9 Å². The van der Waals surface area contributed by atoms with Crippen LogP contribution in [-0.4, -0.2) is 112 Å². The van der Waals surface area contributed by atoms with Crippen LogP contribution in [0.4, 0.5) is 11.6 Å². The van der Waals surface area contributed by atoms with Crippen molar-refractivity contribution in [2.24, 2.45) is 5.73 Å². The van der Waals surface area contributed by atoms with Gasteiger partial charge in [0.25, 0.3) is 5.91 Å². The summed E-state index contributed by atoms with van der Waals surface area (Å²) in [6.45, 7) is 11.8. The maximum Gasteiger partial charge on any atom is 0.337 e. The quantitative estimate of drug-likeness (QED) is 0.0710. The summed E-state index contributed by atoms with van der Waals surface area (Å²) in [7, 11) is 1.34. The fourth-order valence-corrected chi connectivity index (χ4v) is 9.49. The van der Waals surface area contributed by atoms with Crippen LogP contribution in [0.2, 0.25) is 15.1 Å². The molecular formula is C62H70Cl4N18O6. The number of nitrogens with zero attached hydrogens (tertiary/aromatic N) is 14. The molecule has 0 spiro atoms. The Labute approximate surface area is 541 Å². The molecule has 1 aliphatic rings. The minimum atomic E-state index is -0.983. The Morgan fingerprint density at radius 2 is 0.967 bits per heavy atom. The van der Waals surface area contributed by atoms with Crippen LogP contribution in [0.1, 0.15) is 109 Å². The highest BCUT2D eigenvalue weighted by Crippen LogP contribution is 2.21. The van der Waals surface area contributed by atoms with Gasteiger partial charge >= 0.3 is 11.9 Å². The lowest BCUT2D eigenvalue weighted by molar-refractivity contribution is 0.0599. The van der Waals surface area contributed by atoms with Crippen molar-refractivity contribution in [1.82, 2.24) is 74.5 Å². The lowest BCUT2D eigenvalue weighted by atomic mass is 10.1. The van der Waals surface area contributed by atoms with Crippen LogP contribution >= 0.6 is 47.2 Å². The number of aromatic carboxylic acids is 1. The summed E-state index contributed by atoms with van der Waals surface area (Å²) in [5.41, 5.74) is 28.0. The zero-order valence-corrected chi connectivity index (χ0v) is 51.5. The van der Waals surface area contributed by atoms with Crippen molar-refractivity contribution in [3.8, 4) is 0 Å². The van der Waals surface area contributed by atoms with Gasteiger partial charge in [0.1, 0.15) is 11.6 Å². The number of aryl methyl sites for hydroxylation is 4. The topological polar surface area (TPSA) is 337 Å². The highest BCUT2D eigenvalue weighted by atomic mass is 35.5. The number of nitrogen functional groups attached to an aromatic ring is 2. The van der Waals surface area contributed by atoms with E-state index in [2.05, 4.69) is 60.5 Å². The lowest BCUT2D eigenvalue weighted by Crippen LogP contribution is -2.24. The molecule has 28 heteroatoms. The normalized spacial score (nSPS) is 11.2. The molecule has 472 valence electrons. The number of methoxy groups -OCH3 is 1. The Kier molecular flexibility index (Phi) is 26.9. The smallest absolute Gasteiger partial charge is 0.337 e. The van der Waals surface area contributed by atoms with Gasteiger partial charge in [0.2, 0.25) is 0 Å². The molecule has 24 nitrogen and oxygen atoms in total. The summed E-state index contributed by atoms with van der Waals surface area (Å²) in [5, 5.41) is 28.9. The second-order valence-corrected chi connectivity index (χ2v) is 20.9. The Balaban J connectivity index is 0.000000219. The fraction of sp³-hybridized carbons (Fsp3) is 0.258. The van der Waals surface area contributed by atoms with Crippen molar-refractivity contribution in [1.29, 1.82) is 0 Å². The Bertz CT molecular complexity index is 4180. The van der Waals surface area contributed by atoms with Gasteiger partial charge in [-0.15, -0.1) is 12.4 Å². The van der Waals surface area contributed by atoms with E-state index >= 15 is 0 Å². The third-order valence-corrected chi connectivity index (χ3v) is 13.9. The number of carbonyl (C=O) groups excluding carboxylic acids is 2. The molecule has 1 amide bonds. The van der Waals surface area contributed by atoms with Gasteiger partial charge in [-0.1, -0.05) is 49.7 Å². The maximum atomic E-state index is 12.7. The number of anilines is 2. The van der Waals surface area contributed by atoms with Gasteiger partial charge in [-0.3, -0.25) is 19.7 Å². The van der Waals surface area contributed by atoms with Crippen LogP contribution in [-0.2, 0) is 42.2 Å². The van der Waals surface area contributed by atoms with E-state index < -0.39 is 11.9 Å². The van der Waals surface area contributed by atoms with Crippen LogP contribution in [0.3, 0.4) is 0 Å². The van der Waals surface area contributed by atoms with Crippen molar-refractivity contribution >= 4 is 110 Å². The maximum absolute atomic E-state index is 12.7. The minimum Gasteiger partial charge on any atom is -0.478 e. The number of fused-ring (bicyclic) bond motifs is 3. The van der Waals surface area contributed by atoms with E-state index in [0.29, 0.717) is 105 Å². The van der Waals surface area contributed by atoms with E-state index in [1.165, 1.54) is 38.3 Å². The first-order chi connectivity index (χ1) is 41.8. The number of carboxylic acids is 1. The number of carboxylic acid groups (broad SMARTS) is 1. The molecule has 1 aliphatic heterocycles. The van der Waals surface area contributed by atoms with Gasteiger partial charge in [0.05, 0.1) is 88.6 Å². The molecule has 12 heterocycles. The van der Waals surface area contributed by atoms with Crippen LogP contribution in [0.15, 0.2) is 123 Å². The zero-order valence-electron chi connectivity index (χ0n) is 48.4. The number of pyridine rings is 8. The van der Waals surface area contributed by atoms with Crippen molar-refractivity contribution in [3.63, 3.8) is 0 Å². The summed E-state index contributed by atoms with van der Waals surface area (Å²) >= 11 is 17.7. The largest absolute Gasteiger partial charge is 0.478 e. The Hall–Kier alpha value is -9.30. The molecular weight excluding hydrogens is 1230 g/mol. The molecule has 0 aromatic carbocycles. The third-order valence-electron chi connectivity index (χ3n) is 13.2. The highest BCUT2D eigenvalue weighted by Gasteiger charge is 2.15. The number of nitrogens with two attached hydrogens (primary N) is 3. The molecule has 0 radical (unpaired) electrons. The second-order valence-electron chi connectivity index (χ2n) is 19.6. The number of ether oxygens (including phenoxy) is 2. The summed E-state index contributed by atoms with van der Waals surface area (Å²) in [6.07, 6.45) is 17.0. The second kappa shape index (κ2) is 33.9. The van der Waals surface area contributed by atoms with E-state index in [1.54, 1.807) is 112 Å². The summed E-state index contributed by atoms with van der Waals surface area (Å²) in [5.74, 6) is -0.527. The first-order valence-corrected chi connectivity index (χ1v) is 28.1. The zero-order chi connectivity index (χ0) is 62.1. The number of amides is 1. The Morgan fingerprint density at radius 3 is 1.34 bits per heavy atom. The predicted octanol–water partition coefficient (Wildman–Crippen LogP) is 10.8. The number of hydrogen-bond acceptors (Lipinski definition) is 19. The number of aromatic nitrogens is 14. The first kappa shape index (κ1) is 71.5. The van der Waals surface area contributed by atoms with Crippen molar-refractivity contribution in [3.05, 3.63) is 205 Å². The average molecular weight is 1310 g/mol. The molecule has 0 saturated carbocycles. The van der Waals surface area contributed by atoms with E-state index in [1.807, 2.05) is 33.8 Å². The molecule has 1 saturated heterocycles. The van der Waals surface area contributed by atoms with Crippen LogP contribution in [0.5, 0.6) is 0 Å². The molecule has 0 unspecified atom stereocenters. The summed E-state index contributed by atoms with van der Waals surface area (Å²) in [6, 6.07) is 18.7. The van der Waals surface area contributed by atoms with E-state index in [0.717, 1.165) is 63.0 Å². The summed E-state index contributed by atoms with van der Waals surface area (Å²) in [4.78, 5) is 69.0. The fourth-order valence-electron chi connectivity index (χ4n) is 8.99. The molecule has 90 heavy (non-hydrogen) atoms. The number of hydrogen-bond donors (Lipinski definition) is 5. The van der Waals surface area contributed by atoms with E-state index in [-0.39, 0.29) is 38.7 Å². The molecule has 11 aromatic heterocycles. The number of esters is 1. The van der Waals surface area contributed by atoms with E-state index in [4.69, 9.17) is 66.6 Å². The van der Waals surface area contributed by atoms with Crippen molar-refractivity contribution in [2.45, 2.75) is 88.1 Å².